The predicted molar refractivity (Wildman–Crippen MR) is 91.0 cm³/mol. The summed E-state index contributed by atoms with van der Waals surface area (Å²) in [6.07, 6.45) is 2.36. The van der Waals surface area contributed by atoms with Crippen LogP contribution in [0.5, 0.6) is 0 Å². The van der Waals surface area contributed by atoms with Crippen LogP contribution in [0.4, 0.5) is 10.2 Å². The summed E-state index contributed by atoms with van der Waals surface area (Å²) in [6, 6.07) is 5.17. The van der Waals surface area contributed by atoms with Gasteiger partial charge in [-0.25, -0.2) is 14.4 Å². The van der Waals surface area contributed by atoms with Crippen LogP contribution in [0.3, 0.4) is 0 Å². The highest BCUT2D eigenvalue weighted by Crippen LogP contribution is 2.43. The zero-order chi connectivity index (χ0) is 15.0. The van der Waals surface area contributed by atoms with Gasteiger partial charge in [-0.2, -0.15) is 0 Å². The van der Waals surface area contributed by atoms with E-state index in [1.165, 1.54) is 18.9 Å². The number of aromatic nitrogens is 2. The van der Waals surface area contributed by atoms with E-state index in [0.29, 0.717) is 17.3 Å². The van der Waals surface area contributed by atoms with Crippen molar-refractivity contribution >= 4 is 28.4 Å². The Balaban J connectivity index is 2.10. The van der Waals surface area contributed by atoms with Crippen molar-refractivity contribution in [3.8, 4) is 11.4 Å². The third-order valence-corrected chi connectivity index (χ3v) is 4.68. The molecular formula is C16H17FIN3. The van der Waals surface area contributed by atoms with Crippen molar-refractivity contribution in [2.45, 2.75) is 32.6 Å². The quantitative estimate of drug-likeness (QED) is 0.772. The molecule has 110 valence electrons. The first kappa shape index (κ1) is 14.7. The molecule has 1 aliphatic rings. The summed E-state index contributed by atoms with van der Waals surface area (Å²) in [5.41, 5.74) is 2.46. The van der Waals surface area contributed by atoms with E-state index in [4.69, 9.17) is 4.98 Å². The molecule has 0 unspecified atom stereocenters. The fourth-order valence-corrected chi connectivity index (χ4v) is 3.11. The maximum absolute atomic E-state index is 13.8. The molecule has 0 atom stereocenters. The summed E-state index contributed by atoms with van der Waals surface area (Å²) in [6.45, 7) is 4.60. The Bertz CT molecular complexity index is 683. The van der Waals surface area contributed by atoms with Crippen LogP contribution in [0.1, 0.15) is 36.9 Å². The minimum atomic E-state index is -0.215. The lowest BCUT2D eigenvalue weighted by Gasteiger charge is -2.12. The van der Waals surface area contributed by atoms with Crippen LogP contribution in [0.25, 0.3) is 11.4 Å². The summed E-state index contributed by atoms with van der Waals surface area (Å²) >= 11 is 2.31. The van der Waals surface area contributed by atoms with Crippen LogP contribution in [0, 0.1) is 16.3 Å². The number of aryl methyl sites for hydroxylation is 1. The lowest BCUT2D eigenvalue weighted by molar-refractivity contribution is 0.619. The monoisotopic (exact) mass is 397 g/mol. The number of rotatable bonds is 4. The van der Waals surface area contributed by atoms with Crippen molar-refractivity contribution < 1.29 is 4.39 Å². The van der Waals surface area contributed by atoms with Crippen molar-refractivity contribution in [3.63, 3.8) is 0 Å². The molecule has 3 nitrogen and oxygen atoms in total. The zero-order valence-electron chi connectivity index (χ0n) is 12.1. The van der Waals surface area contributed by atoms with E-state index >= 15 is 0 Å². The molecule has 3 rings (SSSR count). The van der Waals surface area contributed by atoms with Gasteiger partial charge < -0.3 is 5.32 Å². The molecule has 1 fully saturated rings. The van der Waals surface area contributed by atoms with E-state index in [1.54, 1.807) is 13.0 Å². The topological polar surface area (TPSA) is 37.8 Å². The summed E-state index contributed by atoms with van der Waals surface area (Å²) in [5, 5.41) is 3.28. The largest absolute Gasteiger partial charge is 0.369 e. The van der Waals surface area contributed by atoms with Gasteiger partial charge in [0.15, 0.2) is 5.82 Å². The molecule has 1 N–H and O–H groups in total. The van der Waals surface area contributed by atoms with Gasteiger partial charge in [0.1, 0.15) is 11.6 Å². The van der Waals surface area contributed by atoms with E-state index in [2.05, 4.69) is 32.9 Å². The molecule has 0 saturated heterocycles. The molecule has 0 radical (unpaired) electrons. The second-order valence-electron chi connectivity index (χ2n) is 5.36. The van der Waals surface area contributed by atoms with Gasteiger partial charge in [-0.3, -0.25) is 0 Å². The molecule has 0 aliphatic heterocycles. The average molecular weight is 397 g/mol. The van der Waals surface area contributed by atoms with Gasteiger partial charge in [-0.05, 0) is 60.9 Å². The number of anilines is 1. The van der Waals surface area contributed by atoms with Gasteiger partial charge in [0, 0.05) is 18.0 Å². The predicted octanol–water partition coefficient (Wildman–Crippen LogP) is 4.50. The molecule has 0 spiro atoms. The van der Waals surface area contributed by atoms with E-state index in [1.807, 2.05) is 13.0 Å². The maximum atomic E-state index is 13.8. The van der Waals surface area contributed by atoms with Crippen molar-refractivity contribution in [2.75, 3.05) is 11.9 Å². The lowest BCUT2D eigenvalue weighted by Crippen LogP contribution is -2.07. The Hall–Kier alpha value is -1.24. The van der Waals surface area contributed by atoms with Gasteiger partial charge in [-0.1, -0.05) is 12.1 Å². The van der Waals surface area contributed by atoms with Crippen molar-refractivity contribution in [1.82, 2.24) is 9.97 Å². The minimum Gasteiger partial charge on any atom is -0.369 e. The van der Waals surface area contributed by atoms with Crippen molar-refractivity contribution in [1.29, 1.82) is 0 Å². The second kappa shape index (κ2) is 5.87. The molecule has 1 saturated carbocycles. The Morgan fingerprint density at radius 3 is 2.71 bits per heavy atom. The Kier molecular flexibility index (Phi) is 4.10. The number of hydrogen-bond acceptors (Lipinski definition) is 3. The molecule has 2 aromatic rings. The normalized spacial score (nSPS) is 14.3. The first-order valence-electron chi connectivity index (χ1n) is 7.18. The fraction of sp³-hybridized carbons (Fsp3) is 0.375. The molecule has 1 aromatic carbocycles. The van der Waals surface area contributed by atoms with E-state index in [-0.39, 0.29) is 5.82 Å². The lowest BCUT2D eigenvalue weighted by atomic mass is 10.1. The maximum Gasteiger partial charge on any atom is 0.161 e. The molecular weight excluding hydrogens is 380 g/mol. The van der Waals surface area contributed by atoms with Crippen LogP contribution in [-0.2, 0) is 0 Å². The Morgan fingerprint density at radius 1 is 1.33 bits per heavy atom. The SMILES string of the molecule is CCNc1nc(-c2ccc(C)c(F)c2)nc(C2CC2)c1I. The van der Waals surface area contributed by atoms with E-state index in [9.17, 15) is 4.39 Å². The second-order valence-corrected chi connectivity index (χ2v) is 6.44. The highest BCUT2D eigenvalue weighted by Gasteiger charge is 2.29. The third kappa shape index (κ3) is 3.02. The molecule has 21 heavy (non-hydrogen) atoms. The van der Waals surface area contributed by atoms with Gasteiger partial charge in [0.25, 0.3) is 0 Å². The molecule has 1 aromatic heterocycles. The first-order valence-corrected chi connectivity index (χ1v) is 8.26. The van der Waals surface area contributed by atoms with Gasteiger partial charge in [0.05, 0.1) is 9.26 Å². The summed E-state index contributed by atoms with van der Waals surface area (Å²) in [7, 11) is 0. The first-order chi connectivity index (χ1) is 10.1. The van der Waals surface area contributed by atoms with Crippen LogP contribution in [0.15, 0.2) is 18.2 Å². The third-order valence-electron chi connectivity index (χ3n) is 3.62. The van der Waals surface area contributed by atoms with Gasteiger partial charge >= 0.3 is 0 Å². The standard InChI is InChI=1S/C16H17FIN3/c1-3-19-16-13(18)14(10-6-7-10)20-15(21-16)11-5-4-9(2)12(17)8-11/h4-5,8,10H,3,6-7H2,1-2H3,(H,19,20,21). The van der Waals surface area contributed by atoms with Gasteiger partial charge in [-0.15, -0.1) is 0 Å². The van der Waals surface area contributed by atoms with E-state index < -0.39 is 0 Å². The van der Waals surface area contributed by atoms with Crippen molar-refractivity contribution in [3.05, 3.63) is 38.8 Å². The van der Waals surface area contributed by atoms with Crippen LogP contribution in [0.2, 0.25) is 0 Å². The highest BCUT2D eigenvalue weighted by atomic mass is 127. The summed E-state index contributed by atoms with van der Waals surface area (Å²) in [5.74, 6) is 1.78. The van der Waals surface area contributed by atoms with Crippen molar-refractivity contribution in [2.24, 2.45) is 0 Å². The van der Waals surface area contributed by atoms with Crippen LogP contribution in [-0.4, -0.2) is 16.5 Å². The van der Waals surface area contributed by atoms with Crippen LogP contribution >= 0.6 is 22.6 Å². The number of nitrogens with zero attached hydrogens (tertiary/aromatic N) is 2. The molecule has 5 heteroatoms. The highest BCUT2D eigenvalue weighted by molar-refractivity contribution is 14.1. The van der Waals surface area contributed by atoms with Crippen LogP contribution < -0.4 is 5.32 Å². The van der Waals surface area contributed by atoms with E-state index in [0.717, 1.165) is 27.2 Å². The number of halogens is 2. The van der Waals surface area contributed by atoms with Gasteiger partial charge in [0.2, 0.25) is 0 Å². The molecule has 1 aliphatic carbocycles. The molecule has 1 heterocycles. The fourth-order valence-electron chi connectivity index (χ4n) is 2.24. The molecule has 0 bridgehead atoms. The number of hydrogen-bond donors (Lipinski definition) is 1. The molecule has 0 amide bonds. The zero-order valence-corrected chi connectivity index (χ0v) is 14.2. The smallest absolute Gasteiger partial charge is 0.161 e. The Morgan fingerprint density at radius 2 is 2.10 bits per heavy atom. The Labute approximate surface area is 137 Å². The number of benzene rings is 1. The average Bonchev–Trinajstić information content (AvgIpc) is 3.29. The summed E-state index contributed by atoms with van der Waals surface area (Å²) < 4.78 is 14.9. The minimum absolute atomic E-state index is 0.215. The number of nitrogens with one attached hydrogen (secondary N) is 1. The summed E-state index contributed by atoms with van der Waals surface area (Å²) in [4.78, 5) is 9.27.